The van der Waals surface area contributed by atoms with Crippen molar-refractivity contribution in [2.45, 2.75) is 19.4 Å². The van der Waals surface area contributed by atoms with Crippen LogP contribution in [0.2, 0.25) is 0 Å². The highest BCUT2D eigenvalue weighted by Crippen LogP contribution is 2.27. The number of carbonyl (C=O) groups is 1. The van der Waals surface area contributed by atoms with E-state index in [1.807, 2.05) is 42.5 Å². The lowest BCUT2D eigenvalue weighted by molar-refractivity contribution is 0.0697. The summed E-state index contributed by atoms with van der Waals surface area (Å²) in [6.07, 6.45) is 1.02. The molecule has 2 heterocycles. The molecule has 1 fully saturated rings. The van der Waals surface area contributed by atoms with Crippen molar-refractivity contribution in [2.24, 2.45) is 10.9 Å². The smallest absolute Gasteiger partial charge is 0.335 e. The van der Waals surface area contributed by atoms with Crippen molar-refractivity contribution in [2.75, 3.05) is 32.8 Å². The molecule has 0 saturated carbocycles. The highest BCUT2D eigenvalue weighted by molar-refractivity contribution is 5.88. The van der Waals surface area contributed by atoms with E-state index >= 15 is 0 Å². The summed E-state index contributed by atoms with van der Waals surface area (Å²) < 4.78 is 0. The van der Waals surface area contributed by atoms with E-state index in [0.29, 0.717) is 18.2 Å². The van der Waals surface area contributed by atoms with E-state index in [4.69, 9.17) is 10.1 Å². The molecule has 30 heavy (non-hydrogen) atoms. The first-order valence-corrected chi connectivity index (χ1v) is 10.5. The maximum atomic E-state index is 11.1. The SMILES string of the molecule is CC(c1ccc(C(=O)O)cc1)N1CN=C2CCN(CC#Cc3ccccc3)CC2C1. The van der Waals surface area contributed by atoms with Crippen LogP contribution >= 0.6 is 0 Å². The van der Waals surface area contributed by atoms with Gasteiger partial charge >= 0.3 is 5.97 Å². The molecule has 154 valence electrons. The number of piperidine rings is 1. The Kier molecular flexibility index (Phi) is 6.27. The Balaban J connectivity index is 1.36. The number of nitrogens with zero attached hydrogens (tertiary/aromatic N) is 3. The van der Waals surface area contributed by atoms with E-state index in [9.17, 15) is 4.79 Å². The summed E-state index contributed by atoms with van der Waals surface area (Å²) >= 11 is 0. The summed E-state index contributed by atoms with van der Waals surface area (Å²) in [5.74, 6) is 6.11. The van der Waals surface area contributed by atoms with Crippen molar-refractivity contribution in [3.8, 4) is 11.8 Å². The van der Waals surface area contributed by atoms with E-state index in [2.05, 4.69) is 28.6 Å². The van der Waals surface area contributed by atoms with Crippen LogP contribution in [0.4, 0.5) is 0 Å². The average molecular weight is 402 g/mol. The van der Waals surface area contributed by atoms with Gasteiger partial charge in [0, 0.05) is 42.9 Å². The van der Waals surface area contributed by atoms with Gasteiger partial charge in [0.25, 0.3) is 0 Å². The zero-order valence-electron chi connectivity index (χ0n) is 17.3. The Morgan fingerprint density at radius 2 is 1.93 bits per heavy atom. The fourth-order valence-corrected chi connectivity index (χ4v) is 4.19. The molecular formula is C25H27N3O2. The van der Waals surface area contributed by atoms with Crippen LogP contribution in [0.15, 0.2) is 59.6 Å². The molecule has 2 aromatic rings. The summed E-state index contributed by atoms with van der Waals surface area (Å²) in [6, 6.07) is 17.5. The number of benzene rings is 2. The van der Waals surface area contributed by atoms with Crippen molar-refractivity contribution in [3.05, 3.63) is 71.3 Å². The maximum Gasteiger partial charge on any atom is 0.335 e. The minimum Gasteiger partial charge on any atom is -0.478 e. The molecule has 5 nitrogen and oxygen atoms in total. The molecule has 0 aromatic heterocycles. The largest absolute Gasteiger partial charge is 0.478 e. The molecule has 0 aliphatic carbocycles. The highest BCUT2D eigenvalue weighted by atomic mass is 16.4. The number of aromatic carboxylic acids is 1. The van der Waals surface area contributed by atoms with Crippen LogP contribution in [0, 0.1) is 17.8 Å². The molecule has 2 aliphatic heterocycles. The van der Waals surface area contributed by atoms with Gasteiger partial charge in [0.15, 0.2) is 0 Å². The second kappa shape index (κ2) is 9.25. The van der Waals surface area contributed by atoms with Crippen LogP contribution in [0.3, 0.4) is 0 Å². The molecule has 0 amide bonds. The number of likely N-dealkylation sites (tertiary alicyclic amines) is 1. The predicted molar refractivity (Wildman–Crippen MR) is 119 cm³/mol. The fourth-order valence-electron chi connectivity index (χ4n) is 4.19. The molecule has 0 radical (unpaired) electrons. The predicted octanol–water partition coefficient (Wildman–Crippen LogP) is 3.53. The molecule has 4 rings (SSSR count). The number of carboxylic acid groups (broad SMARTS) is 1. The van der Waals surface area contributed by atoms with Crippen LogP contribution in [-0.2, 0) is 0 Å². The van der Waals surface area contributed by atoms with Gasteiger partial charge in [0.2, 0.25) is 0 Å². The Morgan fingerprint density at radius 3 is 2.67 bits per heavy atom. The normalized spacial score (nSPS) is 20.4. The number of aliphatic imine (C=N–C) groups is 1. The Morgan fingerprint density at radius 1 is 1.17 bits per heavy atom. The van der Waals surface area contributed by atoms with Gasteiger partial charge in [-0.1, -0.05) is 42.2 Å². The zero-order valence-corrected chi connectivity index (χ0v) is 17.3. The summed E-state index contributed by atoms with van der Waals surface area (Å²) in [4.78, 5) is 20.8. The number of fused-ring (bicyclic) bond motifs is 1. The van der Waals surface area contributed by atoms with Gasteiger partial charge in [-0.15, -0.1) is 0 Å². The lowest BCUT2D eigenvalue weighted by Gasteiger charge is -2.41. The summed E-state index contributed by atoms with van der Waals surface area (Å²) in [5, 5.41) is 9.10. The Bertz CT molecular complexity index is 973. The second-order valence-electron chi connectivity index (χ2n) is 8.02. The Labute approximate surface area is 178 Å². The Hall–Kier alpha value is -2.94. The van der Waals surface area contributed by atoms with Crippen LogP contribution in [0.5, 0.6) is 0 Å². The zero-order chi connectivity index (χ0) is 20.9. The molecule has 5 heteroatoms. The van der Waals surface area contributed by atoms with E-state index in [1.165, 1.54) is 5.71 Å². The lowest BCUT2D eigenvalue weighted by Crippen LogP contribution is -2.49. The maximum absolute atomic E-state index is 11.1. The third-order valence-corrected chi connectivity index (χ3v) is 6.04. The van der Waals surface area contributed by atoms with Gasteiger partial charge in [-0.3, -0.25) is 14.8 Å². The second-order valence-corrected chi connectivity index (χ2v) is 8.02. The van der Waals surface area contributed by atoms with Gasteiger partial charge in [-0.05, 0) is 43.2 Å². The minimum absolute atomic E-state index is 0.200. The summed E-state index contributed by atoms with van der Waals surface area (Å²) in [7, 11) is 0. The van der Waals surface area contributed by atoms with Crippen LogP contribution in [-0.4, -0.2) is 59.4 Å². The van der Waals surface area contributed by atoms with Crippen molar-refractivity contribution in [1.82, 2.24) is 9.80 Å². The van der Waals surface area contributed by atoms with Gasteiger partial charge < -0.3 is 5.11 Å². The molecule has 2 atom stereocenters. The van der Waals surface area contributed by atoms with Crippen molar-refractivity contribution in [3.63, 3.8) is 0 Å². The fraction of sp³-hybridized carbons (Fsp3) is 0.360. The number of rotatable bonds is 4. The van der Waals surface area contributed by atoms with Crippen LogP contribution < -0.4 is 0 Å². The molecule has 1 saturated heterocycles. The van der Waals surface area contributed by atoms with Crippen molar-refractivity contribution < 1.29 is 9.90 Å². The molecule has 2 aromatic carbocycles. The molecular weight excluding hydrogens is 374 g/mol. The topological polar surface area (TPSA) is 56.1 Å². The van der Waals surface area contributed by atoms with E-state index in [0.717, 1.165) is 43.7 Å². The van der Waals surface area contributed by atoms with Crippen LogP contribution in [0.1, 0.15) is 40.9 Å². The van der Waals surface area contributed by atoms with Gasteiger partial charge in [-0.2, -0.15) is 0 Å². The first-order valence-electron chi connectivity index (χ1n) is 10.5. The monoisotopic (exact) mass is 401 g/mol. The lowest BCUT2D eigenvalue weighted by atomic mass is 9.92. The van der Waals surface area contributed by atoms with Gasteiger partial charge in [-0.25, -0.2) is 4.79 Å². The van der Waals surface area contributed by atoms with E-state index in [-0.39, 0.29) is 6.04 Å². The average Bonchev–Trinajstić information content (AvgIpc) is 2.79. The van der Waals surface area contributed by atoms with E-state index in [1.54, 1.807) is 12.1 Å². The van der Waals surface area contributed by atoms with Gasteiger partial charge in [0.1, 0.15) is 0 Å². The molecule has 2 unspecified atom stereocenters. The first-order chi connectivity index (χ1) is 14.6. The van der Waals surface area contributed by atoms with Crippen molar-refractivity contribution in [1.29, 1.82) is 0 Å². The summed E-state index contributed by atoms with van der Waals surface area (Å²) in [6.45, 7) is 6.65. The third kappa shape index (κ3) is 4.79. The van der Waals surface area contributed by atoms with Crippen molar-refractivity contribution >= 4 is 11.7 Å². The number of carboxylic acids is 1. The van der Waals surface area contributed by atoms with Crippen LogP contribution in [0.25, 0.3) is 0 Å². The highest BCUT2D eigenvalue weighted by Gasteiger charge is 2.31. The molecule has 1 N–H and O–H groups in total. The number of hydrogen-bond donors (Lipinski definition) is 1. The molecule has 0 bridgehead atoms. The first kappa shape index (κ1) is 20.3. The third-order valence-electron chi connectivity index (χ3n) is 6.04. The molecule has 0 spiro atoms. The quantitative estimate of drug-likeness (QED) is 0.797. The molecule has 2 aliphatic rings. The van der Waals surface area contributed by atoms with Gasteiger partial charge in [0.05, 0.1) is 18.8 Å². The van der Waals surface area contributed by atoms with E-state index < -0.39 is 5.97 Å². The standard InChI is InChI=1S/C25H27N3O2/c1-19(21-9-11-22(12-10-21)25(29)30)28-17-23-16-27(15-13-24(23)26-18-28)14-5-8-20-6-3-2-4-7-20/h2-4,6-7,9-12,19,23H,13-18H2,1H3,(H,29,30). The number of hydrogen-bond acceptors (Lipinski definition) is 4. The minimum atomic E-state index is -0.890. The summed E-state index contributed by atoms with van der Waals surface area (Å²) in [5.41, 5.74) is 3.85.